The number of nitrogens with one attached hydrogen (secondary N) is 3. The van der Waals surface area contributed by atoms with Gasteiger partial charge in [-0.2, -0.15) is 0 Å². The molecule has 0 heterocycles. The predicted molar refractivity (Wildman–Crippen MR) is 110 cm³/mol. The van der Waals surface area contributed by atoms with Gasteiger partial charge in [0.25, 0.3) is 17.5 Å². The van der Waals surface area contributed by atoms with E-state index < -0.39 is 10.8 Å². The van der Waals surface area contributed by atoms with E-state index in [0.717, 1.165) is 6.42 Å². The highest BCUT2D eigenvalue weighted by atomic mass is 16.6. The molecular weight excluding hydrogens is 376 g/mol. The van der Waals surface area contributed by atoms with Crippen molar-refractivity contribution in [1.82, 2.24) is 5.32 Å². The van der Waals surface area contributed by atoms with Gasteiger partial charge >= 0.3 is 0 Å². The summed E-state index contributed by atoms with van der Waals surface area (Å²) in [5.41, 5.74) is 1.07. The Morgan fingerprint density at radius 1 is 1.07 bits per heavy atom. The minimum absolute atomic E-state index is 0.134. The van der Waals surface area contributed by atoms with E-state index in [1.165, 1.54) is 25.3 Å². The first kappa shape index (κ1) is 21.8. The molecule has 0 saturated heterocycles. The molecule has 0 fully saturated rings. The van der Waals surface area contributed by atoms with Crippen molar-refractivity contribution in [2.75, 3.05) is 37.4 Å². The molecule has 0 aliphatic rings. The second kappa shape index (κ2) is 10.8. The van der Waals surface area contributed by atoms with Gasteiger partial charge in [-0.15, -0.1) is 0 Å². The van der Waals surface area contributed by atoms with Gasteiger partial charge in [-0.1, -0.05) is 13.0 Å². The fourth-order valence-electron chi connectivity index (χ4n) is 2.54. The number of nitrogens with zero attached hydrogens (tertiary/aromatic N) is 1. The predicted octanol–water partition coefficient (Wildman–Crippen LogP) is 3.05. The van der Waals surface area contributed by atoms with Gasteiger partial charge in [0.15, 0.2) is 0 Å². The number of nitro groups is 1. The summed E-state index contributed by atoms with van der Waals surface area (Å²) < 4.78 is 4.92. The Morgan fingerprint density at radius 3 is 2.52 bits per heavy atom. The Hall–Kier alpha value is -3.46. The summed E-state index contributed by atoms with van der Waals surface area (Å²) in [7, 11) is 1.53. The molecule has 0 unspecified atom stereocenters. The van der Waals surface area contributed by atoms with E-state index in [-0.39, 0.29) is 17.2 Å². The molecule has 154 valence electrons. The molecule has 0 saturated carbocycles. The number of carbonyl (C=O) groups excluding carboxylic acids is 2. The van der Waals surface area contributed by atoms with Crippen LogP contribution in [0.1, 0.15) is 34.1 Å². The largest absolute Gasteiger partial charge is 0.383 e. The molecule has 9 heteroatoms. The number of hydrogen-bond donors (Lipinski definition) is 3. The summed E-state index contributed by atoms with van der Waals surface area (Å²) in [5.74, 6) is -0.743. The van der Waals surface area contributed by atoms with E-state index in [1.807, 2.05) is 6.92 Å². The molecule has 0 aromatic heterocycles. The zero-order chi connectivity index (χ0) is 21.2. The van der Waals surface area contributed by atoms with E-state index in [1.54, 1.807) is 24.3 Å². The Labute approximate surface area is 168 Å². The molecule has 29 heavy (non-hydrogen) atoms. The minimum Gasteiger partial charge on any atom is -0.383 e. The van der Waals surface area contributed by atoms with Gasteiger partial charge in [0.1, 0.15) is 5.69 Å². The van der Waals surface area contributed by atoms with Gasteiger partial charge < -0.3 is 20.7 Å². The minimum atomic E-state index is -0.551. The maximum absolute atomic E-state index is 12.5. The quantitative estimate of drug-likeness (QED) is 0.320. The molecule has 3 N–H and O–H groups in total. The van der Waals surface area contributed by atoms with Crippen molar-refractivity contribution in [3.05, 3.63) is 63.7 Å². The molecule has 2 rings (SSSR count). The zero-order valence-corrected chi connectivity index (χ0v) is 16.4. The standard InChI is InChI=1S/C20H24N4O5/c1-3-9-22-19(25)14-5-4-6-16(12-14)23-20(26)15-7-8-17(21-10-11-29-2)18(13-15)24(27)28/h4-8,12-13,21H,3,9-11H2,1-2H3,(H,22,25)(H,23,26). The molecule has 2 aromatic rings. The Bertz CT molecular complexity index is 885. The van der Waals surface area contributed by atoms with Crippen LogP contribution in [0.15, 0.2) is 42.5 Å². The van der Waals surface area contributed by atoms with Crippen LogP contribution in [0.25, 0.3) is 0 Å². The summed E-state index contributed by atoms with van der Waals surface area (Å²) in [6, 6.07) is 10.7. The van der Waals surface area contributed by atoms with Crippen LogP contribution in [-0.4, -0.2) is 43.5 Å². The first-order chi connectivity index (χ1) is 14.0. The van der Waals surface area contributed by atoms with E-state index in [9.17, 15) is 19.7 Å². The van der Waals surface area contributed by atoms with Crippen LogP contribution in [0.2, 0.25) is 0 Å². The normalized spacial score (nSPS) is 10.3. The highest BCUT2D eigenvalue weighted by molar-refractivity contribution is 6.05. The SMILES string of the molecule is CCCNC(=O)c1cccc(NC(=O)c2ccc(NCCOC)c([N+](=O)[O-])c2)c1. The second-order valence-electron chi connectivity index (χ2n) is 6.20. The van der Waals surface area contributed by atoms with Crippen molar-refractivity contribution in [3.63, 3.8) is 0 Å². The molecule has 2 amide bonds. The maximum atomic E-state index is 12.5. The lowest BCUT2D eigenvalue weighted by atomic mass is 10.1. The summed E-state index contributed by atoms with van der Waals surface area (Å²) >= 11 is 0. The number of carbonyl (C=O) groups is 2. The third-order valence-corrected chi connectivity index (χ3v) is 4.00. The topological polar surface area (TPSA) is 123 Å². The van der Waals surface area contributed by atoms with Crippen molar-refractivity contribution in [3.8, 4) is 0 Å². The monoisotopic (exact) mass is 400 g/mol. The summed E-state index contributed by atoms with van der Waals surface area (Å²) in [6.07, 6.45) is 0.817. The molecule has 9 nitrogen and oxygen atoms in total. The highest BCUT2D eigenvalue weighted by Gasteiger charge is 2.18. The molecule has 0 bridgehead atoms. The van der Waals surface area contributed by atoms with E-state index >= 15 is 0 Å². The van der Waals surface area contributed by atoms with Gasteiger partial charge in [-0.05, 0) is 36.8 Å². The van der Waals surface area contributed by atoms with Crippen molar-refractivity contribution in [2.45, 2.75) is 13.3 Å². The third-order valence-electron chi connectivity index (χ3n) is 4.00. The van der Waals surface area contributed by atoms with Crippen LogP contribution in [0.3, 0.4) is 0 Å². The third kappa shape index (κ3) is 6.28. The van der Waals surface area contributed by atoms with E-state index in [2.05, 4.69) is 16.0 Å². The van der Waals surface area contributed by atoms with Crippen molar-refractivity contribution >= 4 is 28.9 Å². The average Bonchev–Trinajstić information content (AvgIpc) is 2.72. The second-order valence-corrected chi connectivity index (χ2v) is 6.20. The Balaban J connectivity index is 2.15. The van der Waals surface area contributed by atoms with E-state index in [0.29, 0.717) is 36.6 Å². The lowest BCUT2D eigenvalue weighted by Gasteiger charge is -2.10. The fourth-order valence-corrected chi connectivity index (χ4v) is 2.54. The molecule has 0 spiro atoms. The first-order valence-electron chi connectivity index (χ1n) is 9.17. The molecular formula is C20H24N4O5. The van der Waals surface area contributed by atoms with Gasteiger partial charge in [-0.3, -0.25) is 19.7 Å². The van der Waals surface area contributed by atoms with Crippen molar-refractivity contribution < 1.29 is 19.2 Å². The van der Waals surface area contributed by atoms with Crippen LogP contribution in [0, 0.1) is 10.1 Å². The molecule has 0 aliphatic heterocycles. The van der Waals surface area contributed by atoms with Crippen LogP contribution in [0.4, 0.5) is 17.1 Å². The van der Waals surface area contributed by atoms with Crippen molar-refractivity contribution in [2.24, 2.45) is 0 Å². The van der Waals surface area contributed by atoms with Crippen LogP contribution >= 0.6 is 0 Å². The highest BCUT2D eigenvalue weighted by Crippen LogP contribution is 2.26. The molecule has 0 radical (unpaired) electrons. The smallest absolute Gasteiger partial charge is 0.293 e. The number of ether oxygens (including phenoxy) is 1. The lowest BCUT2D eigenvalue weighted by Crippen LogP contribution is -2.24. The maximum Gasteiger partial charge on any atom is 0.293 e. The lowest BCUT2D eigenvalue weighted by molar-refractivity contribution is -0.384. The Morgan fingerprint density at radius 2 is 1.83 bits per heavy atom. The molecule has 0 atom stereocenters. The number of methoxy groups -OCH3 is 1. The summed E-state index contributed by atoms with van der Waals surface area (Å²) in [6.45, 7) is 3.30. The van der Waals surface area contributed by atoms with Gasteiger partial charge in [0, 0.05) is 43.1 Å². The van der Waals surface area contributed by atoms with Gasteiger partial charge in [0.2, 0.25) is 0 Å². The average molecular weight is 400 g/mol. The van der Waals surface area contributed by atoms with E-state index in [4.69, 9.17) is 4.74 Å². The van der Waals surface area contributed by atoms with Crippen molar-refractivity contribution in [1.29, 1.82) is 0 Å². The number of amides is 2. The summed E-state index contributed by atoms with van der Waals surface area (Å²) in [5, 5.41) is 19.7. The van der Waals surface area contributed by atoms with Crippen LogP contribution in [-0.2, 0) is 4.74 Å². The number of rotatable bonds is 10. The van der Waals surface area contributed by atoms with Crippen LogP contribution in [0.5, 0.6) is 0 Å². The number of hydrogen-bond acceptors (Lipinski definition) is 6. The zero-order valence-electron chi connectivity index (χ0n) is 16.4. The fraction of sp³-hybridized carbons (Fsp3) is 0.300. The van der Waals surface area contributed by atoms with Gasteiger partial charge in [-0.25, -0.2) is 0 Å². The molecule has 0 aliphatic carbocycles. The first-order valence-corrected chi connectivity index (χ1v) is 9.17. The van der Waals surface area contributed by atoms with Crippen LogP contribution < -0.4 is 16.0 Å². The number of nitro benzene ring substituents is 1. The van der Waals surface area contributed by atoms with Gasteiger partial charge in [0.05, 0.1) is 11.5 Å². The Kier molecular flexibility index (Phi) is 8.11. The number of benzene rings is 2. The molecule has 2 aromatic carbocycles. The number of anilines is 2. The summed E-state index contributed by atoms with van der Waals surface area (Å²) in [4.78, 5) is 35.4.